The fourth-order valence-corrected chi connectivity index (χ4v) is 4.67. The van der Waals surface area contributed by atoms with Crippen molar-refractivity contribution >= 4 is 15.9 Å². The van der Waals surface area contributed by atoms with E-state index in [1.54, 1.807) is 32.4 Å². The minimum Gasteiger partial charge on any atom is -0.383 e. The first-order chi connectivity index (χ1) is 11.9. The average molecular weight is 368 g/mol. The number of hydrogen-bond acceptors (Lipinski definition) is 4. The van der Waals surface area contributed by atoms with Gasteiger partial charge < -0.3 is 10.1 Å². The molecule has 25 heavy (non-hydrogen) atoms. The van der Waals surface area contributed by atoms with Gasteiger partial charge in [-0.3, -0.25) is 4.79 Å². The van der Waals surface area contributed by atoms with Crippen LogP contribution in [-0.2, 0) is 14.8 Å². The third-order valence-corrected chi connectivity index (χ3v) is 6.56. The van der Waals surface area contributed by atoms with Gasteiger partial charge in [0, 0.05) is 31.8 Å². The van der Waals surface area contributed by atoms with Gasteiger partial charge in [-0.05, 0) is 38.0 Å². The monoisotopic (exact) mass is 368 g/mol. The molecule has 0 bridgehead atoms. The Balaban J connectivity index is 2.17. The molecule has 1 aliphatic rings. The van der Waals surface area contributed by atoms with Gasteiger partial charge >= 0.3 is 0 Å². The third kappa shape index (κ3) is 5.03. The van der Waals surface area contributed by atoms with Gasteiger partial charge in [0.1, 0.15) is 0 Å². The molecule has 1 atom stereocenters. The summed E-state index contributed by atoms with van der Waals surface area (Å²) in [6.45, 7) is 2.23. The zero-order chi connectivity index (χ0) is 18.4. The second-order valence-corrected chi connectivity index (χ2v) is 8.67. The fraction of sp³-hybridized carbons (Fsp3) is 0.611. The van der Waals surface area contributed by atoms with Crippen LogP contribution < -0.4 is 5.32 Å². The number of hydrogen-bond donors (Lipinski definition) is 1. The summed E-state index contributed by atoms with van der Waals surface area (Å²) in [6.07, 6.45) is 5.07. The Morgan fingerprint density at radius 2 is 2.00 bits per heavy atom. The predicted octanol–water partition coefficient (Wildman–Crippen LogP) is 2.40. The summed E-state index contributed by atoms with van der Waals surface area (Å²) < 4.78 is 32.3. The van der Waals surface area contributed by atoms with Crippen molar-refractivity contribution in [2.45, 2.75) is 56.0 Å². The number of sulfonamides is 1. The summed E-state index contributed by atoms with van der Waals surface area (Å²) >= 11 is 0. The molecule has 0 unspecified atom stereocenters. The number of carbonyl (C=O) groups excluding carboxylic acids is 1. The average Bonchev–Trinajstić information content (AvgIpc) is 2.62. The molecular formula is C18H28N2O4S. The molecular weight excluding hydrogens is 340 g/mol. The van der Waals surface area contributed by atoms with Crippen LogP contribution in [0.3, 0.4) is 0 Å². The zero-order valence-electron chi connectivity index (χ0n) is 15.2. The van der Waals surface area contributed by atoms with Gasteiger partial charge in [0.2, 0.25) is 10.0 Å². The molecule has 2 rings (SSSR count). The van der Waals surface area contributed by atoms with Crippen LogP contribution in [0.5, 0.6) is 0 Å². The highest BCUT2D eigenvalue weighted by molar-refractivity contribution is 7.89. The molecule has 0 spiro atoms. The molecule has 0 aromatic heterocycles. The Morgan fingerprint density at radius 1 is 1.32 bits per heavy atom. The van der Waals surface area contributed by atoms with Gasteiger partial charge in [-0.2, -0.15) is 4.31 Å². The van der Waals surface area contributed by atoms with Crippen LogP contribution >= 0.6 is 0 Å². The van der Waals surface area contributed by atoms with Crippen LogP contribution in [-0.4, -0.2) is 51.5 Å². The van der Waals surface area contributed by atoms with Crippen molar-refractivity contribution in [3.63, 3.8) is 0 Å². The molecule has 0 heterocycles. The SMILES string of the molecule is COC[C@H](C)NC(=O)c1cccc(S(=O)(=O)N(C)C2CCCCC2)c1. The largest absolute Gasteiger partial charge is 0.383 e. The van der Waals surface area contributed by atoms with E-state index in [0.29, 0.717) is 12.2 Å². The second kappa shape index (κ2) is 8.78. The summed E-state index contributed by atoms with van der Waals surface area (Å²) in [5.74, 6) is -0.304. The molecule has 0 radical (unpaired) electrons. The second-order valence-electron chi connectivity index (χ2n) is 6.67. The normalized spacial score (nSPS) is 17.4. The number of rotatable bonds is 7. The van der Waals surface area contributed by atoms with Crippen molar-refractivity contribution in [2.24, 2.45) is 0 Å². The maximum Gasteiger partial charge on any atom is 0.251 e. The van der Waals surface area contributed by atoms with E-state index >= 15 is 0 Å². The first-order valence-electron chi connectivity index (χ1n) is 8.74. The summed E-state index contributed by atoms with van der Waals surface area (Å²) in [5.41, 5.74) is 0.334. The van der Waals surface area contributed by atoms with Gasteiger partial charge in [0.15, 0.2) is 0 Å². The molecule has 1 fully saturated rings. The smallest absolute Gasteiger partial charge is 0.251 e. The van der Waals surface area contributed by atoms with E-state index in [1.165, 1.54) is 16.8 Å². The van der Waals surface area contributed by atoms with E-state index < -0.39 is 10.0 Å². The van der Waals surface area contributed by atoms with Crippen LogP contribution in [0.1, 0.15) is 49.4 Å². The Labute approximate surface area is 150 Å². The quantitative estimate of drug-likeness (QED) is 0.802. The van der Waals surface area contributed by atoms with Crippen molar-refractivity contribution < 1.29 is 17.9 Å². The molecule has 1 aromatic carbocycles. The van der Waals surface area contributed by atoms with E-state index in [2.05, 4.69) is 5.32 Å². The number of carbonyl (C=O) groups is 1. The molecule has 1 saturated carbocycles. The minimum absolute atomic E-state index is 0.0398. The van der Waals surface area contributed by atoms with E-state index in [4.69, 9.17) is 4.74 Å². The highest BCUT2D eigenvalue weighted by atomic mass is 32.2. The van der Waals surface area contributed by atoms with Crippen LogP contribution in [0.2, 0.25) is 0 Å². The lowest BCUT2D eigenvalue weighted by atomic mass is 9.96. The van der Waals surface area contributed by atoms with Crippen LogP contribution in [0, 0.1) is 0 Å². The lowest BCUT2D eigenvalue weighted by Gasteiger charge is -2.30. The summed E-state index contributed by atoms with van der Waals surface area (Å²) in [7, 11) is -0.401. The predicted molar refractivity (Wildman–Crippen MR) is 97.1 cm³/mol. The lowest BCUT2D eigenvalue weighted by Crippen LogP contribution is -2.38. The molecule has 1 amide bonds. The summed E-state index contributed by atoms with van der Waals surface area (Å²) in [4.78, 5) is 12.5. The van der Waals surface area contributed by atoms with Crippen LogP contribution in [0.15, 0.2) is 29.2 Å². The number of amides is 1. The van der Waals surface area contributed by atoms with Gasteiger partial charge in [0.05, 0.1) is 11.5 Å². The van der Waals surface area contributed by atoms with Crippen molar-refractivity contribution in [3.05, 3.63) is 29.8 Å². The fourth-order valence-electron chi connectivity index (χ4n) is 3.20. The van der Waals surface area contributed by atoms with Crippen LogP contribution in [0.25, 0.3) is 0 Å². The minimum atomic E-state index is -3.60. The molecule has 1 aromatic rings. The molecule has 1 aliphatic carbocycles. The highest BCUT2D eigenvalue weighted by Crippen LogP contribution is 2.26. The zero-order valence-corrected chi connectivity index (χ0v) is 16.0. The maximum absolute atomic E-state index is 12.9. The number of benzene rings is 1. The van der Waals surface area contributed by atoms with Crippen molar-refractivity contribution in [1.82, 2.24) is 9.62 Å². The van der Waals surface area contributed by atoms with E-state index in [-0.39, 0.29) is 22.9 Å². The standard InChI is InChI=1S/C18H28N2O4S/c1-14(13-24-3)19-18(21)15-8-7-11-17(12-15)25(22,23)20(2)16-9-5-4-6-10-16/h7-8,11-12,14,16H,4-6,9-10,13H2,1-3H3,(H,19,21)/t14-/m0/s1. The summed E-state index contributed by atoms with van der Waals surface area (Å²) in [5, 5.41) is 2.80. The Morgan fingerprint density at radius 3 is 2.64 bits per heavy atom. The molecule has 1 N–H and O–H groups in total. The van der Waals surface area contributed by atoms with Gasteiger partial charge in [-0.15, -0.1) is 0 Å². The van der Waals surface area contributed by atoms with E-state index in [9.17, 15) is 13.2 Å². The van der Waals surface area contributed by atoms with Crippen molar-refractivity contribution in [1.29, 1.82) is 0 Å². The summed E-state index contributed by atoms with van der Waals surface area (Å²) in [6, 6.07) is 6.11. The van der Waals surface area contributed by atoms with Crippen LogP contribution in [0.4, 0.5) is 0 Å². The Hall–Kier alpha value is -1.44. The number of methoxy groups -OCH3 is 1. The van der Waals surface area contributed by atoms with E-state index in [1.807, 2.05) is 6.92 Å². The third-order valence-electron chi connectivity index (χ3n) is 4.66. The number of ether oxygens (including phenoxy) is 1. The Kier molecular flexibility index (Phi) is 6.98. The first kappa shape index (κ1) is 19.9. The lowest BCUT2D eigenvalue weighted by molar-refractivity contribution is 0.0905. The maximum atomic E-state index is 12.9. The molecule has 140 valence electrons. The molecule has 7 heteroatoms. The highest BCUT2D eigenvalue weighted by Gasteiger charge is 2.29. The van der Waals surface area contributed by atoms with Gasteiger partial charge in [0.25, 0.3) is 5.91 Å². The van der Waals surface area contributed by atoms with E-state index in [0.717, 1.165) is 25.7 Å². The van der Waals surface area contributed by atoms with Crippen molar-refractivity contribution in [2.75, 3.05) is 20.8 Å². The molecule has 0 saturated heterocycles. The topological polar surface area (TPSA) is 75.7 Å². The van der Waals surface area contributed by atoms with Gasteiger partial charge in [-0.1, -0.05) is 25.3 Å². The molecule has 0 aliphatic heterocycles. The van der Waals surface area contributed by atoms with Gasteiger partial charge in [-0.25, -0.2) is 8.42 Å². The first-order valence-corrected chi connectivity index (χ1v) is 10.2. The number of nitrogens with one attached hydrogen (secondary N) is 1. The Bertz CT molecular complexity index is 684. The number of nitrogens with zero attached hydrogens (tertiary/aromatic N) is 1. The molecule has 6 nitrogen and oxygen atoms in total. The van der Waals surface area contributed by atoms with Crippen molar-refractivity contribution in [3.8, 4) is 0 Å².